The zero-order valence-electron chi connectivity index (χ0n) is 21.9. The molecule has 7 rings (SSSR count). The molecule has 1 aliphatic carbocycles. The summed E-state index contributed by atoms with van der Waals surface area (Å²) in [6.45, 7) is 3.85. The van der Waals surface area contributed by atoms with Gasteiger partial charge in [-0.2, -0.15) is 0 Å². The van der Waals surface area contributed by atoms with E-state index in [1.165, 1.54) is 0 Å². The highest BCUT2D eigenvalue weighted by atomic mass is 16.3. The predicted octanol–water partition coefficient (Wildman–Crippen LogP) is 8.04. The molecule has 0 atom stereocenters. The standard InChI is InChI=1S/C35H26O5/c1-17-18(2)27(31(36)24-16-25-30(26(17)24)33(38)35(40)34(39)32(25)37)29-22-14-8-6-12-20(22)28(19-10-4-3-5-11-19)21-13-7-9-15-23(21)29/h3-15,36-40H,16H2,1-2H3. The smallest absolute Gasteiger partial charge is 0.204 e. The van der Waals surface area contributed by atoms with Crippen molar-refractivity contribution >= 4 is 21.5 Å². The van der Waals surface area contributed by atoms with Crippen LogP contribution in [-0.2, 0) is 6.42 Å². The van der Waals surface area contributed by atoms with Crippen molar-refractivity contribution in [1.82, 2.24) is 0 Å². The van der Waals surface area contributed by atoms with Crippen LogP contribution in [0.5, 0.6) is 28.7 Å². The third kappa shape index (κ3) is 3.03. The number of phenolic OH excluding ortho intramolecular Hbond substituents is 5. The molecular formula is C35H26O5. The Morgan fingerprint density at radius 1 is 0.400 bits per heavy atom. The number of fused-ring (bicyclic) bond motifs is 5. The van der Waals surface area contributed by atoms with Gasteiger partial charge in [-0.25, -0.2) is 0 Å². The number of phenols is 5. The third-order valence-corrected chi connectivity index (χ3v) is 8.48. The summed E-state index contributed by atoms with van der Waals surface area (Å²) in [7, 11) is 0. The molecule has 0 heterocycles. The molecule has 0 fully saturated rings. The number of hydrogen-bond acceptors (Lipinski definition) is 5. The molecule has 0 saturated heterocycles. The van der Waals surface area contributed by atoms with Crippen LogP contribution in [0.15, 0.2) is 78.9 Å². The fourth-order valence-electron chi connectivity index (χ4n) is 6.54. The largest absolute Gasteiger partial charge is 0.507 e. The molecule has 5 N–H and O–H groups in total. The number of hydrogen-bond donors (Lipinski definition) is 5. The fraction of sp³-hybridized carbons (Fsp3) is 0.0857. The van der Waals surface area contributed by atoms with Gasteiger partial charge in [0, 0.05) is 34.2 Å². The summed E-state index contributed by atoms with van der Waals surface area (Å²) < 4.78 is 0. The summed E-state index contributed by atoms with van der Waals surface area (Å²) in [6.07, 6.45) is 0.0931. The molecule has 5 nitrogen and oxygen atoms in total. The van der Waals surface area contributed by atoms with Crippen LogP contribution in [0, 0.1) is 13.8 Å². The van der Waals surface area contributed by atoms with Gasteiger partial charge in [0.25, 0.3) is 0 Å². The first kappa shape index (κ1) is 23.9. The van der Waals surface area contributed by atoms with E-state index >= 15 is 0 Å². The first-order valence-corrected chi connectivity index (χ1v) is 13.1. The van der Waals surface area contributed by atoms with E-state index in [0.29, 0.717) is 16.7 Å². The van der Waals surface area contributed by atoms with Crippen molar-refractivity contribution in [1.29, 1.82) is 0 Å². The lowest BCUT2D eigenvalue weighted by Gasteiger charge is -2.22. The van der Waals surface area contributed by atoms with Gasteiger partial charge in [0.15, 0.2) is 11.5 Å². The highest BCUT2D eigenvalue weighted by Gasteiger charge is 2.35. The van der Waals surface area contributed by atoms with Gasteiger partial charge in [-0.3, -0.25) is 0 Å². The minimum Gasteiger partial charge on any atom is -0.507 e. The second-order valence-corrected chi connectivity index (χ2v) is 10.5. The first-order chi connectivity index (χ1) is 19.3. The molecule has 196 valence electrons. The van der Waals surface area contributed by atoms with Crippen molar-refractivity contribution < 1.29 is 25.5 Å². The van der Waals surface area contributed by atoms with Gasteiger partial charge in [0.2, 0.25) is 11.5 Å². The Morgan fingerprint density at radius 2 is 0.850 bits per heavy atom. The summed E-state index contributed by atoms with van der Waals surface area (Å²) in [4.78, 5) is 0. The molecule has 0 saturated carbocycles. The Balaban J connectivity index is 1.62. The Hall–Kier alpha value is -5.16. The average molecular weight is 527 g/mol. The summed E-state index contributed by atoms with van der Waals surface area (Å²) in [6, 6.07) is 26.7. The topological polar surface area (TPSA) is 101 Å². The van der Waals surface area contributed by atoms with E-state index in [9.17, 15) is 25.5 Å². The maximum Gasteiger partial charge on any atom is 0.204 e. The van der Waals surface area contributed by atoms with Crippen molar-refractivity contribution in [2.45, 2.75) is 20.3 Å². The highest BCUT2D eigenvalue weighted by Crippen LogP contribution is 2.60. The molecule has 40 heavy (non-hydrogen) atoms. The summed E-state index contributed by atoms with van der Waals surface area (Å²) in [5.74, 6) is -2.51. The van der Waals surface area contributed by atoms with Crippen molar-refractivity contribution in [3.8, 4) is 62.1 Å². The summed E-state index contributed by atoms with van der Waals surface area (Å²) >= 11 is 0. The molecule has 0 spiro atoms. The number of benzene rings is 6. The minimum absolute atomic E-state index is 0.0508. The number of aromatic hydroxyl groups is 5. The fourth-order valence-corrected chi connectivity index (χ4v) is 6.54. The van der Waals surface area contributed by atoms with Crippen LogP contribution in [0.3, 0.4) is 0 Å². The molecule has 0 aromatic heterocycles. The lowest BCUT2D eigenvalue weighted by molar-refractivity contribution is 0.345. The Morgan fingerprint density at radius 3 is 1.43 bits per heavy atom. The van der Waals surface area contributed by atoms with Crippen molar-refractivity contribution in [3.05, 3.63) is 101 Å². The van der Waals surface area contributed by atoms with Crippen LogP contribution in [0.2, 0.25) is 0 Å². The average Bonchev–Trinajstić information content (AvgIpc) is 3.39. The van der Waals surface area contributed by atoms with Gasteiger partial charge in [-0.05, 0) is 63.2 Å². The second kappa shape index (κ2) is 8.42. The molecule has 0 amide bonds. The Bertz CT molecular complexity index is 1980. The van der Waals surface area contributed by atoms with Crippen molar-refractivity contribution in [2.75, 3.05) is 0 Å². The summed E-state index contributed by atoms with van der Waals surface area (Å²) in [5, 5.41) is 58.0. The van der Waals surface area contributed by atoms with E-state index in [4.69, 9.17) is 0 Å². The van der Waals surface area contributed by atoms with Gasteiger partial charge in [0.1, 0.15) is 5.75 Å². The SMILES string of the molecule is Cc1c(C)c2c(c(O)c1-c1c3ccccc3c(-c3ccccc3)c3ccccc13)Cc1c(O)c(O)c(O)c(O)c1-2. The zero-order valence-corrected chi connectivity index (χ0v) is 21.9. The van der Waals surface area contributed by atoms with Gasteiger partial charge < -0.3 is 25.5 Å². The van der Waals surface area contributed by atoms with Crippen LogP contribution in [0.4, 0.5) is 0 Å². The van der Waals surface area contributed by atoms with Crippen LogP contribution >= 0.6 is 0 Å². The minimum atomic E-state index is -0.779. The van der Waals surface area contributed by atoms with Gasteiger partial charge in [-0.1, -0.05) is 78.9 Å². The molecule has 0 radical (unpaired) electrons. The zero-order chi connectivity index (χ0) is 27.9. The van der Waals surface area contributed by atoms with Crippen LogP contribution < -0.4 is 0 Å². The molecule has 5 heteroatoms. The quantitative estimate of drug-likeness (QED) is 0.0891. The normalized spacial score (nSPS) is 12.2. The van der Waals surface area contributed by atoms with E-state index in [1.54, 1.807) is 0 Å². The molecule has 0 unspecified atom stereocenters. The van der Waals surface area contributed by atoms with Crippen LogP contribution in [-0.4, -0.2) is 25.5 Å². The third-order valence-electron chi connectivity index (χ3n) is 8.48. The van der Waals surface area contributed by atoms with Gasteiger partial charge >= 0.3 is 0 Å². The van der Waals surface area contributed by atoms with Crippen LogP contribution in [0.1, 0.15) is 22.3 Å². The Kier molecular flexibility index (Phi) is 5.03. The van der Waals surface area contributed by atoms with E-state index in [1.807, 2.05) is 56.3 Å². The van der Waals surface area contributed by atoms with E-state index in [2.05, 4.69) is 36.4 Å². The lowest BCUT2D eigenvalue weighted by atomic mass is 9.82. The molecule has 0 aliphatic heterocycles. The number of rotatable bonds is 2. The molecule has 0 bridgehead atoms. The van der Waals surface area contributed by atoms with Crippen molar-refractivity contribution in [3.63, 3.8) is 0 Å². The van der Waals surface area contributed by atoms with E-state index < -0.39 is 23.0 Å². The summed E-state index contributed by atoms with van der Waals surface area (Å²) in [5.41, 5.74) is 7.04. The predicted molar refractivity (Wildman–Crippen MR) is 158 cm³/mol. The van der Waals surface area contributed by atoms with E-state index in [-0.39, 0.29) is 23.3 Å². The van der Waals surface area contributed by atoms with Gasteiger partial charge in [-0.15, -0.1) is 0 Å². The van der Waals surface area contributed by atoms with Crippen molar-refractivity contribution in [2.24, 2.45) is 0 Å². The molecule has 6 aromatic rings. The maximum absolute atomic E-state index is 12.0. The van der Waals surface area contributed by atoms with Gasteiger partial charge in [0.05, 0.1) is 0 Å². The van der Waals surface area contributed by atoms with E-state index in [0.717, 1.165) is 49.4 Å². The first-order valence-electron chi connectivity index (χ1n) is 13.1. The maximum atomic E-state index is 12.0. The lowest BCUT2D eigenvalue weighted by Crippen LogP contribution is -1.98. The van der Waals surface area contributed by atoms with Crippen LogP contribution in [0.25, 0.3) is 54.9 Å². The molecule has 6 aromatic carbocycles. The molecule has 1 aliphatic rings. The highest BCUT2D eigenvalue weighted by molar-refractivity contribution is 6.22. The second-order valence-electron chi connectivity index (χ2n) is 10.5. The Labute approximate surface area is 230 Å². The monoisotopic (exact) mass is 526 g/mol. The molecular weight excluding hydrogens is 500 g/mol.